The van der Waals surface area contributed by atoms with Crippen LogP contribution in [0.15, 0.2) is 36.4 Å². The molecule has 0 atom stereocenters. The highest BCUT2D eigenvalue weighted by atomic mass is 16.2. The summed E-state index contributed by atoms with van der Waals surface area (Å²) < 4.78 is 0. The molecule has 26 heavy (non-hydrogen) atoms. The van der Waals surface area contributed by atoms with Gasteiger partial charge in [0.2, 0.25) is 0 Å². The molecule has 4 amide bonds. The van der Waals surface area contributed by atoms with Gasteiger partial charge >= 0.3 is 6.03 Å². The lowest BCUT2D eigenvalue weighted by atomic mass is 9.77. The molecule has 2 aromatic rings. The van der Waals surface area contributed by atoms with Gasteiger partial charge in [-0.25, -0.2) is 9.78 Å². The Morgan fingerprint density at radius 3 is 2.69 bits per heavy atom. The summed E-state index contributed by atoms with van der Waals surface area (Å²) in [5.74, 6) is -0.431. The van der Waals surface area contributed by atoms with Gasteiger partial charge in [-0.2, -0.15) is 5.01 Å². The van der Waals surface area contributed by atoms with Crippen molar-refractivity contribution >= 4 is 28.7 Å². The van der Waals surface area contributed by atoms with Crippen molar-refractivity contribution in [1.82, 2.24) is 20.7 Å². The van der Waals surface area contributed by atoms with Crippen LogP contribution in [0.1, 0.15) is 43.1 Å². The first-order chi connectivity index (χ1) is 12.5. The maximum Gasteiger partial charge on any atom is 0.344 e. The minimum Gasteiger partial charge on any atom is -0.322 e. The molecule has 2 aliphatic rings. The highest BCUT2D eigenvalue weighted by Crippen LogP contribution is 2.35. The van der Waals surface area contributed by atoms with Crippen molar-refractivity contribution < 1.29 is 14.4 Å². The number of nitrogens with one attached hydrogen (secondary N) is 2. The fourth-order valence-electron chi connectivity index (χ4n) is 3.67. The Balaban J connectivity index is 1.53. The number of rotatable bonds is 2. The zero-order valence-corrected chi connectivity index (χ0v) is 14.5. The molecule has 1 aliphatic heterocycles. The number of aromatic nitrogens is 1. The van der Waals surface area contributed by atoms with Crippen LogP contribution in [0.25, 0.3) is 10.9 Å². The molecule has 7 heteroatoms. The Morgan fingerprint density at radius 2 is 1.92 bits per heavy atom. The highest BCUT2D eigenvalue weighted by Gasteiger charge is 2.52. The number of imide groups is 1. The number of para-hydroxylation sites is 1. The van der Waals surface area contributed by atoms with E-state index in [9.17, 15) is 14.4 Å². The number of nitrogens with zero attached hydrogens (tertiary/aromatic N) is 2. The molecular formula is C19H20N4O3. The third-order valence-corrected chi connectivity index (χ3v) is 5.33. The van der Waals surface area contributed by atoms with Crippen LogP contribution < -0.4 is 10.7 Å². The van der Waals surface area contributed by atoms with Crippen LogP contribution in [-0.2, 0) is 4.79 Å². The predicted octanol–water partition coefficient (Wildman–Crippen LogP) is 2.38. The molecule has 1 aromatic heterocycles. The summed E-state index contributed by atoms with van der Waals surface area (Å²) in [4.78, 5) is 41.9. The molecular weight excluding hydrogens is 332 g/mol. The van der Waals surface area contributed by atoms with Gasteiger partial charge in [0.15, 0.2) is 0 Å². The summed E-state index contributed by atoms with van der Waals surface area (Å²) in [7, 11) is 0. The number of benzene rings is 1. The molecule has 1 aromatic carbocycles. The molecule has 1 spiro atoms. The smallest absolute Gasteiger partial charge is 0.322 e. The lowest BCUT2D eigenvalue weighted by molar-refractivity contribution is -0.134. The van der Waals surface area contributed by atoms with Crippen LogP contribution in [0.4, 0.5) is 4.79 Å². The Bertz CT molecular complexity index is 903. The summed E-state index contributed by atoms with van der Waals surface area (Å²) in [5.41, 5.74) is 2.36. The lowest BCUT2D eigenvalue weighted by Gasteiger charge is -2.33. The molecule has 0 unspecified atom stereocenters. The van der Waals surface area contributed by atoms with E-state index >= 15 is 0 Å². The van der Waals surface area contributed by atoms with Gasteiger partial charge in [-0.15, -0.1) is 0 Å². The third kappa shape index (κ3) is 2.69. The van der Waals surface area contributed by atoms with E-state index in [0.29, 0.717) is 24.3 Å². The summed E-state index contributed by atoms with van der Waals surface area (Å²) in [6.07, 6.45) is 2.94. The van der Waals surface area contributed by atoms with E-state index in [1.165, 1.54) is 0 Å². The molecule has 2 fully saturated rings. The highest BCUT2D eigenvalue weighted by molar-refractivity contribution is 6.09. The van der Waals surface area contributed by atoms with Gasteiger partial charge in [-0.1, -0.05) is 31.2 Å². The van der Waals surface area contributed by atoms with Gasteiger partial charge in [0, 0.05) is 5.39 Å². The molecule has 1 saturated carbocycles. The van der Waals surface area contributed by atoms with E-state index in [2.05, 4.69) is 22.7 Å². The Labute approximate surface area is 150 Å². The van der Waals surface area contributed by atoms with Gasteiger partial charge < -0.3 is 5.32 Å². The minimum absolute atomic E-state index is 0.155. The van der Waals surface area contributed by atoms with E-state index in [1.54, 1.807) is 18.2 Å². The molecule has 2 N–H and O–H groups in total. The normalized spacial score (nSPS) is 25.6. The maximum absolute atomic E-state index is 12.8. The van der Waals surface area contributed by atoms with Gasteiger partial charge in [0.25, 0.3) is 11.8 Å². The Kier molecular flexibility index (Phi) is 3.86. The van der Waals surface area contributed by atoms with E-state index in [1.807, 2.05) is 18.2 Å². The largest absolute Gasteiger partial charge is 0.344 e. The van der Waals surface area contributed by atoms with Crippen molar-refractivity contribution in [3.63, 3.8) is 0 Å². The van der Waals surface area contributed by atoms with E-state index in [0.717, 1.165) is 23.2 Å². The standard InChI is InChI=1S/C19H20N4O3/c1-12-8-10-19(11-9-12)17(25)23(18(26)21-19)22-16(24)15-7-6-13-4-2-3-5-14(13)20-15/h2-7,12H,8-11H2,1H3,(H,21,26)(H,22,24). The zero-order chi connectivity index (χ0) is 18.3. The number of fused-ring (bicyclic) bond motifs is 1. The topological polar surface area (TPSA) is 91.4 Å². The van der Waals surface area contributed by atoms with Crippen molar-refractivity contribution in [3.8, 4) is 0 Å². The molecule has 2 heterocycles. The Hall–Kier alpha value is -2.96. The van der Waals surface area contributed by atoms with Crippen LogP contribution in [0.3, 0.4) is 0 Å². The minimum atomic E-state index is -0.881. The second-order valence-electron chi connectivity index (χ2n) is 7.17. The number of carbonyl (C=O) groups excluding carboxylic acids is 3. The Morgan fingerprint density at radius 1 is 1.19 bits per heavy atom. The molecule has 7 nitrogen and oxygen atoms in total. The molecule has 0 radical (unpaired) electrons. The second-order valence-corrected chi connectivity index (χ2v) is 7.17. The zero-order valence-electron chi connectivity index (χ0n) is 14.5. The van der Waals surface area contributed by atoms with Crippen molar-refractivity contribution in [1.29, 1.82) is 0 Å². The van der Waals surface area contributed by atoms with Gasteiger partial charge in [0.05, 0.1) is 5.52 Å². The van der Waals surface area contributed by atoms with Crippen LogP contribution in [0.2, 0.25) is 0 Å². The van der Waals surface area contributed by atoms with Crippen LogP contribution >= 0.6 is 0 Å². The maximum atomic E-state index is 12.8. The number of amides is 4. The molecule has 4 rings (SSSR count). The molecule has 134 valence electrons. The first-order valence-corrected chi connectivity index (χ1v) is 8.82. The molecule has 0 bridgehead atoms. The van der Waals surface area contributed by atoms with Crippen molar-refractivity contribution in [3.05, 3.63) is 42.1 Å². The molecule has 1 aliphatic carbocycles. The fraction of sp³-hybridized carbons (Fsp3) is 0.368. The quantitative estimate of drug-likeness (QED) is 0.812. The fourth-order valence-corrected chi connectivity index (χ4v) is 3.67. The van der Waals surface area contributed by atoms with Crippen molar-refractivity contribution in [2.45, 2.75) is 38.1 Å². The third-order valence-electron chi connectivity index (χ3n) is 5.33. The number of hydrazine groups is 1. The number of hydrogen-bond donors (Lipinski definition) is 2. The SMILES string of the molecule is CC1CCC2(CC1)NC(=O)N(NC(=O)c1ccc3ccccc3n1)C2=O. The second kappa shape index (κ2) is 6.09. The monoisotopic (exact) mass is 352 g/mol. The summed E-state index contributed by atoms with van der Waals surface area (Å²) in [6, 6.07) is 10.2. The first kappa shape index (κ1) is 16.5. The number of hydrogen-bond acceptors (Lipinski definition) is 4. The number of pyridine rings is 1. The average molecular weight is 352 g/mol. The summed E-state index contributed by atoms with van der Waals surface area (Å²) >= 11 is 0. The predicted molar refractivity (Wildman–Crippen MR) is 94.9 cm³/mol. The van der Waals surface area contributed by atoms with Crippen molar-refractivity contribution in [2.24, 2.45) is 5.92 Å². The van der Waals surface area contributed by atoms with Crippen LogP contribution in [0, 0.1) is 5.92 Å². The number of carbonyl (C=O) groups is 3. The van der Waals surface area contributed by atoms with Crippen LogP contribution in [-0.4, -0.2) is 33.4 Å². The summed E-state index contributed by atoms with van der Waals surface area (Å²) in [6.45, 7) is 2.14. The van der Waals surface area contributed by atoms with Gasteiger partial charge in [-0.05, 0) is 43.7 Å². The molecule has 1 saturated heterocycles. The lowest BCUT2D eigenvalue weighted by Crippen LogP contribution is -2.51. The van der Waals surface area contributed by atoms with Crippen molar-refractivity contribution in [2.75, 3.05) is 0 Å². The average Bonchev–Trinajstić information content (AvgIpc) is 2.88. The summed E-state index contributed by atoms with van der Waals surface area (Å²) in [5, 5.41) is 4.49. The number of urea groups is 1. The van der Waals surface area contributed by atoms with E-state index in [4.69, 9.17) is 0 Å². The van der Waals surface area contributed by atoms with E-state index < -0.39 is 17.5 Å². The first-order valence-electron chi connectivity index (χ1n) is 8.82. The van der Waals surface area contributed by atoms with Gasteiger partial charge in [0.1, 0.15) is 11.2 Å². The van der Waals surface area contributed by atoms with E-state index in [-0.39, 0.29) is 11.6 Å². The van der Waals surface area contributed by atoms with Gasteiger partial charge in [-0.3, -0.25) is 15.0 Å². The van der Waals surface area contributed by atoms with Crippen LogP contribution in [0.5, 0.6) is 0 Å².